The van der Waals surface area contributed by atoms with Gasteiger partial charge in [0.05, 0.1) is 18.1 Å². The molecule has 8 nitrogen and oxygen atoms in total. The number of hydrogen-bond acceptors (Lipinski definition) is 5. The molecule has 1 aromatic carbocycles. The molecule has 1 aliphatic heterocycles. The van der Waals surface area contributed by atoms with Crippen LogP contribution in [0.3, 0.4) is 0 Å². The van der Waals surface area contributed by atoms with E-state index in [0.29, 0.717) is 37.3 Å². The molecule has 1 fully saturated rings. The van der Waals surface area contributed by atoms with Gasteiger partial charge in [0, 0.05) is 35.6 Å². The Morgan fingerprint density at radius 3 is 2.48 bits per heavy atom. The lowest BCUT2D eigenvalue weighted by Crippen LogP contribution is -2.41. The van der Waals surface area contributed by atoms with Crippen molar-refractivity contribution in [2.24, 2.45) is 5.41 Å². The second-order valence-electron chi connectivity index (χ2n) is 9.55. The zero-order valence-corrected chi connectivity index (χ0v) is 20.1. The molecule has 1 aromatic heterocycles. The van der Waals surface area contributed by atoms with E-state index in [-0.39, 0.29) is 41.3 Å². The number of carboxylic acids is 1. The quantitative estimate of drug-likeness (QED) is 0.645. The first-order chi connectivity index (χ1) is 15.5. The number of aromatic nitrogens is 1. The van der Waals surface area contributed by atoms with Gasteiger partial charge in [-0.1, -0.05) is 26.0 Å². The zero-order chi connectivity index (χ0) is 24.0. The Bertz CT molecular complexity index is 1210. The van der Waals surface area contributed by atoms with Crippen molar-refractivity contribution in [2.45, 2.75) is 51.5 Å². The molecule has 2 aromatic rings. The molecule has 0 bridgehead atoms. The first kappa shape index (κ1) is 23.7. The fraction of sp³-hybridized carbons (Fsp3) is 0.500. The lowest BCUT2D eigenvalue weighted by molar-refractivity contribution is -0.137. The van der Waals surface area contributed by atoms with Crippen LogP contribution < -0.4 is 0 Å². The molecule has 178 valence electrons. The largest absolute Gasteiger partial charge is 0.480 e. The number of benzene rings is 1. The lowest BCUT2D eigenvalue weighted by Gasteiger charge is -2.31. The highest BCUT2D eigenvalue weighted by Gasteiger charge is 2.36. The van der Waals surface area contributed by atoms with Crippen LogP contribution in [-0.4, -0.2) is 60.5 Å². The third-order valence-corrected chi connectivity index (χ3v) is 8.64. The summed E-state index contributed by atoms with van der Waals surface area (Å²) in [6.45, 7) is 6.90. The number of carbonyl (C=O) groups excluding carboxylic acids is 1. The van der Waals surface area contributed by atoms with Gasteiger partial charge in [0.1, 0.15) is 6.54 Å². The van der Waals surface area contributed by atoms with Crippen LogP contribution in [0.1, 0.15) is 53.1 Å². The van der Waals surface area contributed by atoms with E-state index in [4.69, 9.17) is 4.74 Å². The van der Waals surface area contributed by atoms with Gasteiger partial charge in [-0.2, -0.15) is 4.31 Å². The zero-order valence-electron chi connectivity index (χ0n) is 19.3. The maximum atomic E-state index is 13.9. The molecule has 0 spiro atoms. The van der Waals surface area contributed by atoms with Gasteiger partial charge in [0.2, 0.25) is 10.0 Å². The van der Waals surface area contributed by atoms with E-state index < -0.39 is 16.0 Å². The number of ether oxygens (including phenoxy) is 1. The Hall–Kier alpha value is -2.49. The number of rotatable bonds is 6. The molecule has 1 N–H and O–H groups in total. The number of sulfonamides is 1. The molecule has 2 aliphatic rings. The Labute approximate surface area is 194 Å². The van der Waals surface area contributed by atoms with Crippen molar-refractivity contribution in [1.29, 1.82) is 0 Å². The molecule has 0 radical (unpaired) electrons. The van der Waals surface area contributed by atoms with Crippen molar-refractivity contribution in [2.75, 3.05) is 26.3 Å². The van der Waals surface area contributed by atoms with Gasteiger partial charge in [0.25, 0.3) is 0 Å². The van der Waals surface area contributed by atoms with Crippen LogP contribution in [0.5, 0.6) is 0 Å². The molecular weight excluding hydrogens is 444 g/mol. The SMILES string of the molecule is Cc1c(C(=O)c2ccccc2S(=O)(=O)N2CCOCC2)c2c(n1CC(=O)O)CC(C)(C)CC2. The van der Waals surface area contributed by atoms with Crippen LogP contribution in [0, 0.1) is 12.3 Å². The summed E-state index contributed by atoms with van der Waals surface area (Å²) in [5, 5.41) is 9.48. The van der Waals surface area contributed by atoms with Crippen molar-refractivity contribution >= 4 is 21.8 Å². The van der Waals surface area contributed by atoms with Crippen molar-refractivity contribution in [3.63, 3.8) is 0 Å². The summed E-state index contributed by atoms with van der Waals surface area (Å²) in [6.07, 6.45) is 2.18. The van der Waals surface area contributed by atoms with E-state index in [2.05, 4.69) is 13.8 Å². The summed E-state index contributed by atoms with van der Waals surface area (Å²) in [5.74, 6) is -1.35. The number of aliphatic carboxylic acids is 1. The van der Waals surface area contributed by atoms with Crippen LogP contribution in [0.2, 0.25) is 0 Å². The summed E-state index contributed by atoms with van der Waals surface area (Å²) in [6, 6.07) is 6.29. The number of morpholine rings is 1. The Morgan fingerprint density at radius 1 is 1.15 bits per heavy atom. The van der Waals surface area contributed by atoms with Gasteiger partial charge < -0.3 is 14.4 Å². The van der Waals surface area contributed by atoms with Crippen LogP contribution in [0.25, 0.3) is 0 Å². The summed E-state index contributed by atoms with van der Waals surface area (Å²) >= 11 is 0. The molecule has 9 heteroatoms. The monoisotopic (exact) mass is 474 g/mol. The summed E-state index contributed by atoms with van der Waals surface area (Å²) in [4.78, 5) is 25.4. The van der Waals surface area contributed by atoms with Gasteiger partial charge in [-0.25, -0.2) is 8.42 Å². The highest BCUT2D eigenvalue weighted by molar-refractivity contribution is 7.89. The third kappa shape index (κ3) is 4.37. The van der Waals surface area contributed by atoms with Gasteiger partial charge in [-0.3, -0.25) is 9.59 Å². The minimum atomic E-state index is -3.88. The number of carboxylic acid groups (broad SMARTS) is 1. The van der Waals surface area contributed by atoms with E-state index in [1.807, 2.05) is 0 Å². The van der Waals surface area contributed by atoms with Crippen LogP contribution in [0.4, 0.5) is 0 Å². The number of hydrogen-bond donors (Lipinski definition) is 1. The van der Waals surface area contributed by atoms with E-state index in [9.17, 15) is 23.1 Å². The number of carbonyl (C=O) groups is 2. The Morgan fingerprint density at radius 2 is 1.82 bits per heavy atom. The Balaban J connectivity index is 1.84. The van der Waals surface area contributed by atoms with Gasteiger partial charge in [-0.05, 0) is 49.3 Å². The smallest absolute Gasteiger partial charge is 0.323 e. The van der Waals surface area contributed by atoms with Gasteiger partial charge in [-0.15, -0.1) is 0 Å². The van der Waals surface area contributed by atoms with Crippen molar-refractivity contribution in [1.82, 2.24) is 8.87 Å². The number of ketones is 1. The average molecular weight is 475 g/mol. The molecule has 0 unspecified atom stereocenters. The van der Waals surface area contributed by atoms with Crippen LogP contribution in [-0.2, 0) is 38.9 Å². The fourth-order valence-corrected chi connectivity index (χ4v) is 6.53. The summed E-state index contributed by atoms with van der Waals surface area (Å²) < 4.78 is 35.1. The number of nitrogens with zero attached hydrogens (tertiary/aromatic N) is 2. The standard InChI is InChI=1S/C24H30N2O6S/c1-16-22(17-8-9-24(2,3)14-19(17)26(16)15-21(27)28)23(29)18-6-4-5-7-20(18)33(30,31)25-10-12-32-13-11-25/h4-7H,8-15H2,1-3H3,(H,27,28). The van der Waals surface area contributed by atoms with Crippen molar-refractivity contribution in [3.8, 4) is 0 Å². The molecule has 0 amide bonds. The van der Waals surface area contributed by atoms with Crippen molar-refractivity contribution in [3.05, 3.63) is 52.3 Å². The molecule has 2 heterocycles. The molecule has 0 saturated carbocycles. The first-order valence-corrected chi connectivity index (χ1v) is 12.6. The van der Waals surface area contributed by atoms with Crippen LogP contribution in [0.15, 0.2) is 29.2 Å². The second kappa shape index (κ2) is 8.70. The van der Waals surface area contributed by atoms with E-state index in [1.165, 1.54) is 10.4 Å². The van der Waals surface area contributed by atoms with Crippen LogP contribution >= 0.6 is 0 Å². The first-order valence-electron chi connectivity index (χ1n) is 11.2. The molecule has 4 rings (SSSR count). The molecule has 33 heavy (non-hydrogen) atoms. The molecule has 1 saturated heterocycles. The predicted molar refractivity (Wildman–Crippen MR) is 122 cm³/mol. The lowest BCUT2D eigenvalue weighted by atomic mass is 9.75. The minimum Gasteiger partial charge on any atom is -0.480 e. The maximum Gasteiger partial charge on any atom is 0.323 e. The van der Waals surface area contributed by atoms with Gasteiger partial charge in [0.15, 0.2) is 5.78 Å². The van der Waals surface area contributed by atoms with E-state index >= 15 is 0 Å². The average Bonchev–Trinajstić information content (AvgIpc) is 3.03. The minimum absolute atomic E-state index is 0.00799. The molecule has 0 atom stereocenters. The Kier molecular flexibility index (Phi) is 6.24. The maximum absolute atomic E-state index is 13.9. The second-order valence-corrected chi connectivity index (χ2v) is 11.5. The van der Waals surface area contributed by atoms with E-state index in [0.717, 1.165) is 17.7 Å². The van der Waals surface area contributed by atoms with Crippen molar-refractivity contribution < 1.29 is 27.9 Å². The topological polar surface area (TPSA) is 106 Å². The van der Waals surface area contributed by atoms with E-state index in [1.54, 1.807) is 29.7 Å². The molecular formula is C24H30N2O6S. The molecule has 1 aliphatic carbocycles. The predicted octanol–water partition coefficient (Wildman–Crippen LogP) is 2.65. The third-order valence-electron chi connectivity index (χ3n) is 6.68. The summed E-state index contributed by atoms with van der Waals surface area (Å²) in [5.41, 5.74) is 2.83. The van der Waals surface area contributed by atoms with Gasteiger partial charge >= 0.3 is 5.97 Å². The normalized spacial score (nSPS) is 18.6. The summed E-state index contributed by atoms with van der Waals surface area (Å²) in [7, 11) is -3.88. The highest BCUT2D eigenvalue weighted by atomic mass is 32.2. The highest BCUT2D eigenvalue weighted by Crippen LogP contribution is 2.40. The number of fused-ring (bicyclic) bond motifs is 1. The fourth-order valence-electron chi connectivity index (χ4n) is 4.93.